The maximum atomic E-state index is 12.1. The van der Waals surface area contributed by atoms with Gasteiger partial charge in [-0.15, -0.1) is 0 Å². The third-order valence-corrected chi connectivity index (χ3v) is 4.31. The molecule has 0 radical (unpaired) electrons. The number of amides is 1. The van der Waals surface area contributed by atoms with Gasteiger partial charge in [0.25, 0.3) is 0 Å². The first-order valence-corrected chi connectivity index (χ1v) is 7.26. The number of nitrogens with two attached hydrogens (primary N) is 1. The van der Waals surface area contributed by atoms with Crippen LogP contribution in [0.15, 0.2) is 18.2 Å². The molecule has 0 spiro atoms. The van der Waals surface area contributed by atoms with Gasteiger partial charge < -0.3 is 10.6 Å². The summed E-state index contributed by atoms with van der Waals surface area (Å²) in [6.07, 6.45) is 0.494. The van der Waals surface area contributed by atoms with Crippen molar-refractivity contribution in [3.8, 4) is 0 Å². The second kappa shape index (κ2) is 5.65. The number of hydrogen-bond donors (Lipinski definition) is 1. The van der Waals surface area contributed by atoms with Gasteiger partial charge in [-0.05, 0) is 24.5 Å². The molecule has 19 heavy (non-hydrogen) atoms. The van der Waals surface area contributed by atoms with Crippen molar-refractivity contribution >= 4 is 34.2 Å². The highest BCUT2D eigenvalue weighted by atomic mass is 32.2. The predicted molar refractivity (Wildman–Crippen MR) is 79.2 cm³/mol. The molecular formula is C14H18N2O2S. The minimum absolute atomic E-state index is 0.0927. The van der Waals surface area contributed by atoms with Crippen LogP contribution in [0.5, 0.6) is 0 Å². The lowest BCUT2D eigenvalue weighted by atomic mass is 10.1. The maximum absolute atomic E-state index is 12.1. The number of nitrogen functional groups attached to an aromatic ring is 1. The summed E-state index contributed by atoms with van der Waals surface area (Å²) in [4.78, 5) is 24.9. The summed E-state index contributed by atoms with van der Waals surface area (Å²) in [5.74, 6) is 1.01. The first-order chi connectivity index (χ1) is 8.99. The Hall–Kier alpha value is -1.49. The molecule has 1 atom stereocenters. The van der Waals surface area contributed by atoms with Crippen LogP contribution in [-0.4, -0.2) is 23.3 Å². The first-order valence-electron chi connectivity index (χ1n) is 6.28. The van der Waals surface area contributed by atoms with Gasteiger partial charge in [0.1, 0.15) is 0 Å². The molecule has 1 fully saturated rings. The Morgan fingerprint density at radius 3 is 2.89 bits per heavy atom. The number of carbonyl (C=O) groups is 2. The highest BCUT2D eigenvalue weighted by Crippen LogP contribution is 2.33. The van der Waals surface area contributed by atoms with E-state index in [-0.39, 0.29) is 16.9 Å². The Balaban J connectivity index is 2.14. The number of thioether (sulfide) groups is 1. The molecule has 5 heteroatoms. The van der Waals surface area contributed by atoms with Gasteiger partial charge in [-0.2, -0.15) is 0 Å². The summed E-state index contributed by atoms with van der Waals surface area (Å²) in [6.45, 7) is 4.16. The van der Waals surface area contributed by atoms with Gasteiger partial charge in [0.2, 0.25) is 5.91 Å². The molecule has 1 heterocycles. The number of carbonyl (C=O) groups excluding carboxylic acids is 2. The van der Waals surface area contributed by atoms with Crippen molar-refractivity contribution < 1.29 is 9.59 Å². The van der Waals surface area contributed by atoms with Crippen LogP contribution in [0.3, 0.4) is 0 Å². The molecule has 1 unspecified atom stereocenters. The molecule has 0 aliphatic carbocycles. The van der Waals surface area contributed by atoms with Crippen LogP contribution in [0.4, 0.5) is 11.4 Å². The Bertz CT molecular complexity index is 496. The van der Waals surface area contributed by atoms with E-state index >= 15 is 0 Å². The molecule has 0 aromatic heterocycles. The molecular weight excluding hydrogens is 260 g/mol. The third-order valence-electron chi connectivity index (χ3n) is 3.27. The van der Waals surface area contributed by atoms with E-state index in [0.717, 1.165) is 11.3 Å². The van der Waals surface area contributed by atoms with Gasteiger partial charge in [-0.3, -0.25) is 9.59 Å². The maximum Gasteiger partial charge on any atom is 0.227 e. The van der Waals surface area contributed by atoms with Gasteiger partial charge in [-0.25, -0.2) is 0 Å². The van der Waals surface area contributed by atoms with Gasteiger partial charge >= 0.3 is 0 Å². The molecule has 0 bridgehead atoms. The molecule has 1 aliphatic heterocycles. The van der Waals surface area contributed by atoms with E-state index in [4.69, 9.17) is 5.73 Å². The smallest absolute Gasteiger partial charge is 0.227 e. The number of rotatable bonds is 3. The highest BCUT2D eigenvalue weighted by molar-refractivity contribution is 8.13. The quantitative estimate of drug-likeness (QED) is 0.861. The molecule has 4 nitrogen and oxygen atoms in total. The monoisotopic (exact) mass is 278 g/mol. The van der Waals surface area contributed by atoms with Crippen LogP contribution in [0.2, 0.25) is 0 Å². The van der Waals surface area contributed by atoms with Crippen LogP contribution in [0, 0.1) is 12.8 Å². The lowest BCUT2D eigenvalue weighted by Crippen LogP contribution is -2.26. The topological polar surface area (TPSA) is 63.4 Å². The zero-order chi connectivity index (χ0) is 14.0. The molecule has 1 aliphatic rings. The SMILES string of the molecule is CC(=O)SCC1CC(=O)N(c2c(C)cccc2N)C1. The first kappa shape index (κ1) is 13.9. The fraction of sp³-hybridized carbons (Fsp3) is 0.429. The van der Waals surface area contributed by atoms with E-state index in [1.807, 2.05) is 25.1 Å². The van der Waals surface area contributed by atoms with Crippen molar-refractivity contribution in [1.29, 1.82) is 0 Å². The molecule has 1 aromatic carbocycles. The number of benzene rings is 1. The Kier molecular flexibility index (Phi) is 4.14. The summed E-state index contributed by atoms with van der Waals surface area (Å²) < 4.78 is 0. The molecule has 1 saturated heterocycles. The standard InChI is InChI=1S/C14H18N2O2S/c1-9-4-3-5-12(15)14(9)16-7-11(6-13(16)18)8-19-10(2)17/h3-5,11H,6-8,15H2,1-2H3. The molecule has 102 valence electrons. The fourth-order valence-corrected chi connectivity index (χ4v) is 3.09. The molecule has 2 rings (SSSR count). The molecule has 1 amide bonds. The predicted octanol–water partition coefficient (Wildman–Crippen LogP) is 2.21. The molecule has 1 aromatic rings. The van der Waals surface area contributed by atoms with E-state index in [1.54, 1.807) is 11.8 Å². The number of para-hydroxylation sites is 1. The van der Waals surface area contributed by atoms with Crippen LogP contribution in [0.25, 0.3) is 0 Å². The van der Waals surface area contributed by atoms with Gasteiger partial charge in [-0.1, -0.05) is 23.9 Å². The van der Waals surface area contributed by atoms with E-state index in [9.17, 15) is 9.59 Å². The minimum Gasteiger partial charge on any atom is -0.397 e. The minimum atomic E-state index is 0.0927. The van der Waals surface area contributed by atoms with Gasteiger partial charge in [0.05, 0.1) is 11.4 Å². The van der Waals surface area contributed by atoms with Crippen LogP contribution in [-0.2, 0) is 9.59 Å². The third kappa shape index (κ3) is 3.10. The summed E-state index contributed by atoms with van der Waals surface area (Å²) in [5, 5.41) is 0.0984. The van der Waals surface area contributed by atoms with Gasteiger partial charge in [0.15, 0.2) is 5.12 Å². The van der Waals surface area contributed by atoms with E-state index in [1.165, 1.54) is 11.8 Å². The fourth-order valence-electron chi connectivity index (χ4n) is 2.39. The van der Waals surface area contributed by atoms with Crippen molar-refractivity contribution in [2.75, 3.05) is 22.9 Å². The van der Waals surface area contributed by atoms with Crippen LogP contribution < -0.4 is 10.6 Å². The number of aryl methyl sites for hydroxylation is 1. The van der Waals surface area contributed by atoms with E-state index in [2.05, 4.69) is 0 Å². The average Bonchev–Trinajstić information content (AvgIpc) is 2.68. The molecule has 2 N–H and O–H groups in total. The summed E-state index contributed by atoms with van der Waals surface area (Å²) in [7, 11) is 0. The highest BCUT2D eigenvalue weighted by Gasteiger charge is 2.32. The van der Waals surface area contributed by atoms with E-state index in [0.29, 0.717) is 24.4 Å². The zero-order valence-corrected chi connectivity index (χ0v) is 12.0. The average molecular weight is 278 g/mol. The van der Waals surface area contributed by atoms with Gasteiger partial charge in [0, 0.05) is 25.6 Å². The lowest BCUT2D eigenvalue weighted by Gasteiger charge is -2.21. The molecule has 0 saturated carbocycles. The second-order valence-electron chi connectivity index (χ2n) is 4.89. The van der Waals surface area contributed by atoms with E-state index < -0.39 is 0 Å². The van der Waals surface area contributed by atoms with Crippen molar-refractivity contribution in [3.63, 3.8) is 0 Å². The summed E-state index contributed by atoms with van der Waals surface area (Å²) in [6, 6.07) is 5.65. The summed E-state index contributed by atoms with van der Waals surface area (Å²) in [5.41, 5.74) is 8.44. The van der Waals surface area contributed by atoms with Crippen LogP contribution in [0.1, 0.15) is 18.9 Å². The number of anilines is 2. The largest absolute Gasteiger partial charge is 0.397 e. The Morgan fingerprint density at radius 1 is 1.53 bits per heavy atom. The van der Waals surface area contributed by atoms with Crippen molar-refractivity contribution in [2.45, 2.75) is 20.3 Å². The normalized spacial score (nSPS) is 18.9. The van der Waals surface area contributed by atoms with Crippen molar-refractivity contribution in [2.24, 2.45) is 5.92 Å². The van der Waals surface area contributed by atoms with Crippen molar-refractivity contribution in [1.82, 2.24) is 0 Å². The zero-order valence-electron chi connectivity index (χ0n) is 11.2. The Labute approximate surface area is 117 Å². The van der Waals surface area contributed by atoms with Crippen molar-refractivity contribution in [3.05, 3.63) is 23.8 Å². The lowest BCUT2D eigenvalue weighted by molar-refractivity contribution is -0.117. The number of hydrogen-bond acceptors (Lipinski definition) is 4. The number of nitrogens with zero attached hydrogens (tertiary/aromatic N) is 1. The summed E-state index contributed by atoms with van der Waals surface area (Å²) >= 11 is 1.29. The second-order valence-corrected chi connectivity index (χ2v) is 6.09. The van der Waals surface area contributed by atoms with Crippen LogP contribution >= 0.6 is 11.8 Å². The Morgan fingerprint density at radius 2 is 2.26 bits per heavy atom.